The zero-order valence-electron chi connectivity index (χ0n) is 9.46. The van der Waals surface area contributed by atoms with Crippen molar-refractivity contribution in [3.8, 4) is 0 Å². The molecule has 1 fully saturated rings. The van der Waals surface area contributed by atoms with Gasteiger partial charge in [0.25, 0.3) is 0 Å². The fourth-order valence-corrected chi connectivity index (χ4v) is 3.64. The molecule has 1 saturated carbocycles. The van der Waals surface area contributed by atoms with Crippen LogP contribution in [0.5, 0.6) is 0 Å². The normalized spacial score (nSPS) is 19.9. The predicted octanol–water partition coefficient (Wildman–Crippen LogP) is 0.977. The summed E-state index contributed by atoms with van der Waals surface area (Å²) in [6, 6.07) is 0. The Bertz CT molecular complexity index is 278. The molecule has 4 nitrogen and oxygen atoms in total. The van der Waals surface area contributed by atoms with E-state index in [0.29, 0.717) is 13.0 Å². The summed E-state index contributed by atoms with van der Waals surface area (Å²) in [7, 11) is -3.09. The smallest absolute Gasteiger partial charge is 0.212 e. The fraction of sp³-hybridized carbons (Fsp3) is 1.00. The van der Waals surface area contributed by atoms with Crippen LogP contribution in [0.25, 0.3) is 0 Å². The molecule has 1 aliphatic carbocycles. The summed E-state index contributed by atoms with van der Waals surface area (Å²) in [5.74, 6) is 0.214. The maximum Gasteiger partial charge on any atom is 0.212 e. The average Bonchev–Trinajstić information content (AvgIpc) is 2.12. The van der Waals surface area contributed by atoms with Gasteiger partial charge in [-0.1, -0.05) is 6.92 Å². The van der Waals surface area contributed by atoms with Crippen molar-refractivity contribution in [2.75, 3.05) is 12.3 Å². The summed E-state index contributed by atoms with van der Waals surface area (Å²) in [6.07, 6.45) is 5.44. The number of rotatable bonds is 7. The topological polar surface area (TPSA) is 72.2 Å². The minimum Gasteiger partial charge on any atom is -0.330 e. The maximum absolute atomic E-state index is 11.7. The molecule has 90 valence electrons. The number of sulfonamides is 1. The molecule has 15 heavy (non-hydrogen) atoms. The van der Waals surface area contributed by atoms with Gasteiger partial charge in [0, 0.05) is 5.54 Å². The summed E-state index contributed by atoms with van der Waals surface area (Å²) in [5, 5.41) is 0. The molecule has 0 aromatic heterocycles. The highest BCUT2D eigenvalue weighted by Crippen LogP contribution is 2.35. The summed E-state index contributed by atoms with van der Waals surface area (Å²) in [5.41, 5.74) is 5.21. The fourth-order valence-electron chi connectivity index (χ4n) is 1.95. The van der Waals surface area contributed by atoms with Gasteiger partial charge in [-0.15, -0.1) is 0 Å². The predicted molar refractivity (Wildman–Crippen MR) is 62.1 cm³/mol. The zero-order valence-corrected chi connectivity index (χ0v) is 10.3. The maximum atomic E-state index is 11.7. The van der Waals surface area contributed by atoms with Crippen LogP contribution in [-0.4, -0.2) is 26.3 Å². The minimum atomic E-state index is -3.09. The van der Waals surface area contributed by atoms with Crippen molar-refractivity contribution in [3.63, 3.8) is 0 Å². The van der Waals surface area contributed by atoms with Gasteiger partial charge in [-0.3, -0.25) is 0 Å². The van der Waals surface area contributed by atoms with Gasteiger partial charge in [0.2, 0.25) is 10.0 Å². The van der Waals surface area contributed by atoms with E-state index in [4.69, 9.17) is 5.73 Å². The van der Waals surface area contributed by atoms with Crippen molar-refractivity contribution in [2.45, 2.75) is 51.0 Å². The lowest BCUT2D eigenvalue weighted by atomic mass is 9.76. The molecule has 0 aromatic carbocycles. The Labute approximate surface area is 92.7 Å². The molecule has 0 amide bonds. The van der Waals surface area contributed by atoms with E-state index in [0.717, 1.165) is 32.1 Å². The second-order valence-electron chi connectivity index (χ2n) is 4.40. The van der Waals surface area contributed by atoms with Gasteiger partial charge in [-0.25, -0.2) is 13.1 Å². The van der Waals surface area contributed by atoms with E-state index in [9.17, 15) is 8.42 Å². The van der Waals surface area contributed by atoms with Gasteiger partial charge in [0.05, 0.1) is 5.75 Å². The third-order valence-electron chi connectivity index (χ3n) is 3.23. The van der Waals surface area contributed by atoms with Gasteiger partial charge in [-0.2, -0.15) is 0 Å². The molecule has 0 spiro atoms. The third-order valence-corrected chi connectivity index (χ3v) is 4.80. The lowest BCUT2D eigenvalue weighted by Crippen LogP contribution is -2.53. The highest BCUT2D eigenvalue weighted by molar-refractivity contribution is 7.89. The van der Waals surface area contributed by atoms with E-state index in [1.54, 1.807) is 0 Å². The first-order valence-electron chi connectivity index (χ1n) is 5.75. The number of unbranched alkanes of at least 4 members (excludes halogenated alkanes) is 1. The Morgan fingerprint density at radius 3 is 2.40 bits per heavy atom. The first kappa shape index (κ1) is 12.9. The first-order chi connectivity index (χ1) is 7.04. The number of nitrogens with two attached hydrogens (primary N) is 1. The molecule has 0 aliphatic heterocycles. The molecule has 0 aromatic rings. The van der Waals surface area contributed by atoms with Crippen LogP contribution in [-0.2, 0) is 10.0 Å². The van der Waals surface area contributed by atoms with E-state index in [1.165, 1.54) is 0 Å². The lowest BCUT2D eigenvalue weighted by molar-refractivity contribution is 0.214. The molecular formula is C10H22N2O2S. The van der Waals surface area contributed by atoms with E-state index in [-0.39, 0.29) is 11.3 Å². The van der Waals surface area contributed by atoms with Crippen LogP contribution in [0, 0.1) is 0 Å². The van der Waals surface area contributed by atoms with Crippen molar-refractivity contribution in [3.05, 3.63) is 0 Å². The number of nitrogens with one attached hydrogen (secondary N) is 1. The first-order valence-corrected chi connectivity index (χ1v) is 7.40. The Balaban J connectivity index is 2.41. The SMILES string of the molecule is CCC1(NS(=O)(=O)CCCCN)CCC1. The monoisotopic (exact) mass is 234 g/mol. The molecule has 1 aliphatic rings. The summed E-state index contributed by atoms with van der Waals surface area (Å²) >= 11 is 0. The largest absolute Gasteiger partial charge is 0.330 e. The van der Waals surface area contributed by atoms with Gasteiger partial charge < -0.3 is 5.73 Å². The van der Waals surface area contributed by atoms with Crippen molar-refractivity contribution in [2.24, 2.45) is 5.73 Å². The van der Waals surface area contributed by atoms with Crippen LogP contribution in [0.3, 0.4) is 0 Å². The van der Waals surface area contributed by atoms with Crippen LogP contribution in [0.15, 0.2) is 0 Å². The van der Waals surface area contributed by atoms with Gasteiger partial charge in [0.15, 0.2) is 0 Å². The van der Waals surface area contributed by atoms with E-state index in [1.807, 2.05) is 6.92 Å². The second-order valence-corrected chi connectivity index (χ2v) is 6.25. The van der Waals surface area contributed by atoms with Crippen molar-refractivity contribution >= 4 is 10.0 Å². The Kier molecular flexibility index (Phi) is 4.55. The van der Waals surface area contributed by atoms with Gasteiger partial charge in [0.1, 0.15) is 0 Å². The Morgan fingerprint density at radius 1 is 1.33 bits per heavy atom. The average molecular weight is 234 g/mol. The highest BCUT2D eigenvalue weighted by atomic mass is 32.2. The van der Waals surface area contributed by atoms with Crippen molar-refractivity contribution in [1.29, 1.82) is 0 Å². The van der Waals surface area contributed by atoms with Crippen LogP contribution in [0.4, 0.5) is 0 Å². The van der Waals surface area contributed by atoms with Gasteiger partial charge >= 0.3 is 0 Å². The van der Waals surface area contributed by atoms with Crippen LogP contribution in [0.2, 0.25) is 0 Å². The molecule has 1 rings (SSSR count). The standard InChI is InChI=1S/C10H22N2O2S/c1-2-10(6-5-7-10)12-15(13,14)9-4-3-8-11/h12H,2-9,11H2,1H3. The summed E-state index contributed by atoms with van der Waals surface area (Å²) in [6.45, 7) is 2.61. The van der Waals surface area contributed by atoms with E-state index < -0.39 is 10.0 Å². The Morgan fingerprint density at radius 2 is 2.00 bits per heavy atom. The summed E-state index contributed by atoms with van der Waals surface area (Å²) in [4.78, 5) is 0. The van der Waals surface area contributed by atoms with E-state index >= 15 is 0 Å². The number of hydrogen-bond acceptors (Lipinski definition) is 3. The third kappa shape index (κ3) is 3.74. The summed E-state index contributed by atoms with van der Waals surface area (Å²) < 4.78 is 26.3. The molecule has 5 heteroatoms. The molecule has 0 heterocycles. The lowest BCUT2D eigenvalue weighted by Gasteiger charge is -2.41. The molecule has 0 atom stereocenters. The van der Waals surface area contributed by atoms with Crippen LogP contribution < -0.4 is 10.5 Å². The quantitative estimate of drug-likeness (QED) is 0.645. The van der Waals surface area contributed by atoms with E-state index in [2.05, 4.69) is 4.72 Å². The molecule has 0 radical (unpaired) electrons. The van der Waals surface area contributed by atoms with Crippen molar-refractivity contribution < 1.29 is 8.42 Å². The highest BCUT2D eigenvalue weighted by Gasteiger charge is 2.38. The van der Waals surface area contributed by atoms with Crippen LogP contribution >= 0.6 is 0 Å². The van der Waals surface area contributed by atoms with Crippen molar-refractivity contribution in [1.82, 2.24) is 4.72 Å². The van der Waals surface area contributed by atoms with Gasteiger partial charge in [-0.05, 0) is 45.1 Å². The molecule has 0 unspecified atom stereocenters. The molecule has 3 N–H and O–H groups in total. The second kappa shape index (κ2) is 5.27. The molecule has 0 bridgehead atoms. The molecule has 0 saturated heterocycles. The molecular weight excluding hydrogens is 212 g/mol. The Hall–Kier alpha value is -0.130. The zero-order chi connectivity index (χ0) is 11.4. The van der Waals surface area contributed by atoms with Crippen LogP contribution in [0.1, 0.15) is 45.4 Å². The number of hydrogen-bond donors (Lipinski definition) is 2. The minimum absolute atomic E-state index is 0.123.